The van der Waals surface area contributed by atoms with Gasteiger partial charge in [-0.2, -0.15) is 0 Å². The van der Waals surface area contributed by atoms with Crippen LogP contribution in [-0.2, 0) is 14.3 Å². The maximum absolute atomic E-state index is 13.0. The molecule has 2 amide bonds. The number of amides is 2. The average Bonchev–Trinajstić information content (AvgIpc) is 3.46. The number of carbonyl (C=O) groups is 3. The number of carboxylic acid groups (broad SMARTS) is 1. The fraction of sp³-hybridized carbons (Fsp3) is 0.444. The van der Waals surface area contributed by atoms with Gasteiger partial charge in [0.2, 0.25) is 5.91 Å². The first-order chi connectivity index (χ1) is 16.5. The number of carboxylic acids is 1. The van der Waals surface area contributed by atoms with Gasteiger partial charge in [0.15, 0.2) is 0 Å². The van der Waals surface area contributed by atoms with E-state index in [1.807, 2.05) is 24.3 Å². The molecule has 2 fully saturated rings. The molecular weight excluding hydrogens is 432 g/mol. The molecule has 5 rings (SSSR count). The standard InChI is InChI=1S/C27H30N2O5/c30-25(29-14-6-13-24(29)26(31)32)17-7-5-8-18(15-17)28-27(33)34-16-23-21-11-3-1-9-19(21)20-10-2-4-12-22(20)23/h1-4,9-12,17-18,23-24H,5-8,13-16H2,(H,28,33)(H,31,32)/t17-,18+,24-/m1/s1. The molecular formula is C27H30N2O5. The van der Waals surface area contributed by atoms with Crippen LogP contribution in [0.4, 0.5) is 4.79 Å². The summed E-state index contributed by atoms with van der Waals surface area (Å²) in [5.74, 6) is -1.28. The van der Waals surface area contributed by atoms with Crippen molar-refractivity contribution in [3.63, 3.8) is 0 Å². The monoisotopic (exact) mass is 462 g/mol. The first kappa shape index (κ1) is 22.4. The van der Waals surface area contributed by atoms with Gasteiger partial charge in [0.25, 0.3) is 0 Å². The summed E-state index contributed by atoms with van der Waals surface area (Å²) in [6.45, 7) is 0.750. The molecule has 1 saturated heterocycles. The Labute approximate surface area is 199 Å². The molecule has 7 nitrogen and oxygen atoms in total. The van der Waals surface area contributed by atoms with E-state index in [-0.39, 0.29) is 30.4 Å². The first-order valence-electron chi connectivity index (χ1n) is 12.2. The number of rotatable bonds is 5. The van der Waals surface area contributed by atoms with Crippen molar-refractivity contribution in [1.29, 1.82) is 0 Å². The molecule has 0 spiro atoms. The molecule has 0 bridgehead atoms. The third kappa shape index (κ3) is 4.27. The Hall–Kier alpha value is -3.35. The molecule has 34 heavy (non-hydrogen) atoms. The summed E-state index contributed by atoms with van der Waals surface area (Å²) in [6.07, 6.45) is 3.61. The van der Waals surface area contributed by atoms with Crippen LogP contribution in [0.25, 0.3) is 11.1 Å². The summed E-state index contributed by atoms with van der Waals surface area (Å²) in [5.41, 5.74) is 4.70. The third-order valence-corrected chi connectivity index (χ3v) is 7.51. The quantitative estimate of drug-likeness (QED) is 0.696. The van der Waals surface area contributed by atoms with Crippen LogP contribution in [0.1, 0.15) is 55.6 Å². The van der Waals surface area contributed by atoms with Crippen LogP contribution >= 0.6 is 0 Å². The van der Waals surface area contributed by atoms with E-state index in [1.54, 1.807) is 0 Å². The van der Waals surface area contributed by atoms with Gasteiger partial charge in [-0.25, -0.2) is 9.59 Å². The fourth-order valence-corrected chi connectivity index (χ4v) is 5.87. The normalized spacial score (nSPS) is 23.8. The SMILES string of the molecule is O=C(N[C@H]1CCC[C@@H](C(=O)N2CCC[C@@H]2C(=O)O)C1)OCC1c2ccccc2-c2ccccc21. The molecule has 1 aliphatic heterocycles. The lowest BCUT2D eigenvalue weighted by molar-refractivity contribution is -0.150. The topological polar surface area (TPSA) is 95.9 Å². The van der Waals surface area contributed by atoms with Gasteiger partial charge in [-0.15, -0.1) is 0 Å². The minimum Gasteiger partial charge on any atom is -0.480 e. The van der Waals surface area contributed by atoms with E-state index < -0.39 is 18.1 Å². The highest BCUT2D eigenvalue weighted by Gasteiger charge is 2.39. The van der Waals surface area contributed by atoms with Crippen molar-refractivity contribution < 1.29 is 24.2 Å². The van der Waals surface area contributed by atoms with E-state index in [0.29, 0.717) is 19.4 Å². The van der Waals surface area contributed by atoms with Crippen LogP contribution in [-0.4, -0.2) is 53.2 Å². The highest BCUT2D eigenvalue weighted by molar-refractivity contribution is 5.86. The van der Waals surface area contributed by atoms with E-state index in [2.05, 4.69) is 29.6 Å². The number of carbonyl (C=O) groups excluding carboxylic acids is 2. The summed E-state index contributed by atoms with van der Waals surface area (Å²) >= 11 is 0. The Kier molecular flexibility index (Phi) is 6.26. The predicted octanol–water partition coefficient (Wildman–Crippen LogP) is 4.16. The van der Waals surface area contributed by atoms with Gasteiger partial charge in [0, 0.05) is 24.4 Å². The molecule has 178 valence electrons. The number of likely N-dealkylation sites (tertiary alicyclic amines) is 1. The average molecular weight is 463 g/mol. The van der Waals surface area contributed by atoms with Crippen LogP contribution in [0.15, 0.2) is 48.5 Å². The maximum Gasteiger partial charge on any atom is 0.407 e. The minimum atomic E-state index is -0.935. The molecule has 2 aromatic rings. The van der Waals surface area contributed by atoms with Crippen molar-refractivity contribution in [1.82, 2.24) is 10.2 Å². The first-order valence-corrected chi connectivity index (χ1v) is 12.2. The summed E-state index contributed by atoms with van der Waals surface area (Å²) in [5, 5.41) is 12.4. The zero-order valence-corrected chi connectivity index (χ0v) is 19.1. The van der Waals surface area contributed by atoms with Crippen molar-refractivity contribution in [3.05, 3.63) is 59.7 Å². The summed E-state index contributed by atoms with van der Waals surface area (Å²) < 4.78 is 5.66. The highest BCUT2D eigenvalue weighted by atomic mass is 16.5. The number of hydrogen-bond donors (Lipinski definition) is 2. The van der Waals surface area contributed by atoms with Crippen LogP contribution < -0.4 is 5.32 Å². The lowest BCUT2D eigenvalue weighted by Crippen LogP contribution is -2.47. The Morgan fingerprint density at radius 1 is 0.941 bits per heavy atom. The molecule has 3 atom stereocenters. The zero-order valence-electron chi connectivity index (χ0n) is 19.1. The van der Waals surface area contributed by atoms with Crippen molar-refractivity contribution >= 4 is 18.0 Å². The van der Waals surface area contributed by atoms with Crippen LogP contribution in [0.2, 0.25) is 0 Å². The smallest absolute Gasteiger partial charge is 0.407 e. The number of aliphatic carboxylic acids is 1. The Balaban J connectivity index is 1.18. The van der Waals surface area contributed by atoms with E-state index >= 15 is 0 Å². The van der Waals surface area contributed by atoms with Crippen LogP contribution in [0.5, 0.6) is 0 Å². The number of ether oxygens (including phenoxy) is 1. The van der Waals surface area contributed by atoms with E-state index in [0.717, 1.165) is 25.7 Å². The second-order valence-electron chi connectivity index (χ2n) is 9.56. The minimum absolute atomic E-state index is 0.00181. The van der Waals surface area contributed by atoms with Crippen LogP contribution in [0, 0.1) is 5.92 Å². The predicted molar refractivity (Wildman–Crippen MR) is 126 cm³/mol. The molecule has 0 radical (unpaired) electrons. The zero-order chi connectivity index (χ0) is 23.7. The number of nitrogens with one attached hydrogen (secondary N) is 1. The lowest BCUT2D eigenvalue weighted by atomic mass is 9.84. The van der Waals surface area contributed by atoms with Gasteiger partial charge in [0.1, 0.15) is 12.6 Å². The van der Waals surface area contributed by atoms with E-state index in [4.69, 9.17) is 4.74 Å². The Morgan fingerprint density at radius 2 is 1.62 bits per heavy atom. The highest BCUT2D eigenvalue weighted by Crippen LogP contribution is 2.44. The van der Waals surface area contributed by atoms with Crippen LogP contribution in [0.3, 0.4) is 0 Å². The van der Waals surface area contributed by atoms with Gasteiger partial charge in [-0.1, -0.05) is 55.0 Å². The van der Waals surface area contributed by atoms with Gasteiger partial charge in [-0.05, 0) is 54.4 Å². The number of alkyl carbamates (subject to hydrolysis) is 1. The van der Waals surface area contributed by atoms with Crippen molar-refractivity contribution in [2.45, 2.75) is 56.5 Å². The van der Waals surface area contributed by atoms with E-state index in [9.17, 15) is 19.5 Å². The number of nitrogens with zero attached hydrogens (tertiary/aromatic N) is 1. The number of hydrogen-bond acceptors (Lipinski definition) is 4. The molecule has 3 aliphatic rings. The third-order valence-electron chi connectivity index (χ3n) is 7.51. The lowest BCUT2D eigenvalue weighted by Gasteiger charge is -2.32. The van der Waals surface area contributed by atoms with E-state index in [1.165, 1.54) is 27.2 Å². The van der Waals surface area contributed by atoms with Gasteiger partial charge < -0.3 is 20.1 Å². The number of benzene rings is 2. The van der Waals surface area contributed by atoms with Crippen molar-refractivity contribution in [3.8, 4) is 11.1 Å². The largest absolute Gasteiger partial charge is 0.480 e. The van der Waals surface area contributed by atoms with Crippen molar-refractivity contribution in [2.75, 3.05) is 13.2 Å². The van der Waals surface area contributed by atoms with Crippen molar-refractivity contribution in [2.24, 2.45) is 5.92 Å². The molecule has 0 aromatic heterocycles. The molecule has 7 heteroatoms. The molecule has 2 aliphatic carbocycles. The fourth-order valence-electron chi connectivity index (χ4n) is 5.87. The van der Waals surface area contributed by atoms with Gasteiger partial charge >= 0.3 is 12.1 Å². The second kappa shape index (κ2) is 9.49. The van der Waals surface area contributed by atoms with Gasteiger partial charge in [-0.3, -0.25) is 4.79 Å². The Morgan fingerprint density at radius 3 is 2.29 bits per heavy atom. The Bertz CT molecular complexity index is 1050. The van der Waals surface area contributed by atoms with Gasteiger partial charge in [0.05, 0.1) is 0 Å². The second-order valence-corrected chi connectivity index (χ2v) is 9.56. The summed E-state index contributed by atoms with van der Waals surface area (Å²) in [4.78, 5) is 38.7. The summed E-state index contributed by atoms with van der Waals surface area (Å²) in [6, 6.07) is 15.6. The molecule has 2 aromatic carbocycles. The molecule has 1 heterocycles. The summed E-state index contributed by atoms with van der Waals surface area (Å²) in [7, 11) is 0. The molecule has 1 saturated carbocycles. The molecule has 2 N–H and O–H groups in total. The molecule has 0 unspecified atom stereocenters. The number of fused-ring (bicyclic) bond motifs is 3. The maximum atomic E-state index is 13.0.